The molecule has 6 heteroatoms. The van der Waals surface area contributed by atoms with Crippen molar-refractivity contribution in [2.75, 3.05) is 19.8 Å². The Morgan fingerprint density at radius 3 is 2.74 bits per heavy atom. The summed E-state index contributed by atoms with van der Waals surface area (Å²) >= 11 is 0. The third kappa shape index (κ3) is 4.70. The van der Waals surface area contributed by atoms with Crippen LogP contribution in [0.1, 0.15) is 25.3 Å². The number of pyridine rings is 1. The number of rotatable bonds is 6. The van der Waals surface area contributed by atoms with Crippen LogP contribution in [0.2, 0.25) is 0 Å². The molecular weight excluding hydrogens is 347 g/mol. The van der Waals surface area contributed by atoms with Gasteiger partial charge in [0.05, 0.1) is 11.5 Å². The first-order valence-electron chi connectivity index (χ1n) is 9.23. The minimum Gasteiger partial charge on any atom is -0.392 e. The first kappa shape index (κ1) is 19.5. The molecule has 0 saturated carbocycles. The number of aliphatic hydroxyl groups is 1. The van der Waals surface area contributed by atoms with Gasteiger partial charge in [-0.1, -0.05) is 18.2 Å². The fourth-order valence-electron chi connectivity index (χ4n) is 3.44. The summed E-state index contributed by atoms with van der Waals surface area (Å²) in [6, 6.07) is 8.79. The number of halogens is 1. The smallest absolute Gasteiger partial charge is 0.226 e. The molecule has 1 fully saturated rings. The van der Waals surface area contributed by atoms with Crippen molar-refractivity contribution in [1.82, 2.24) is 10.3 Å². The fraction of sp³-hybridized carbons (Fsp3) is 0.429. The average Bonchev–Trinajstić information content (AvgIpc) is 2.69. The highest BCUT2D eigenvalue weighted by Gasteiger charge is 2.40. The Bertz CT molecular complexity index is 774. The van der Waals surface area contributed by atoms with Crippen molar-refractivity contribution in [2.45, 2.75) is 32.3 Å². The van der Waals surface area contributed by atoms with Gasteiger partial charge in [-0.25, -0.2) is 4.39 Å². The molecule has 2 heterocycles. The van der Waals surface area contributed by atoms with Gasteiger partial charge in [-0.15, -0.1) is 0 Å². The standard InChI is InChI=1S/C21H25FN2O3/c1-15(25)13-24-20(26)21(6-9-27-10-7-21)12-17-5-4-16(11-19(17)22)18-3-2-8-23-14-18/h2-5,8,11,14-15,25H,6-7,9-10,12-13H2,1H3,(H,24,26)/t15-/m0/s1. The molecule has 1 atom stereocenters. The Balaban J connectivity index is 1.82. The lowest BCUT2D eigenvalue weighted by Gasteiger charge is -2.36. The highest BCUT2D eigenvalue weighted by Crippen LogP contribution is 2.36. The number of nitrogens with one attached hydrogen (secondary N) is 1. The summed E-state index contributed by atoms with van der Waals surface area (Å²) in [4.78, 5) is 16.9. The summed E-state index contributed by atoms with van der Waals surface area (Å²) in [6.45, 7) is 2.74. The van der Waals surface area contributed by atoms with E-state index in [1.54, 1.807) is 25.4 Å². The topological polar surface area (TPSA) is 71.5 Å². The van der Waals surface area contributed by atoms with Gasteiger partial charge >= 0.3 is 0 Å². The van der Waals surface area contributed by atoms with Crippen LogP contribution in [0.4, 0.5) is 4.39 Å². The van der Waals surface area contributed by atoms with Crippen molar-refractivity contribution < 1.29 is 19.0 Å². The lowest BCUT2D eigenvalue weighted by atomic mass is 9.74. The van der Waals surface area contributed by atoms with E-state index in [2.05, 4.69) is 10.3 Å². The van der Waals surface area contributed by atoms with Crippen LogP contribution in [0.3, 0.4) is 0 Å². The SMILES string of the molecule is C[C@H](O)CNC(=O)C1(Cc2ccc(-c3cccnc3)cc2F)CCOCC1. The van der Waals surface area contributed by atoms with E-state index < -0.39 is 11.5 Å². The summed E-state index contributed by atoms with van der Waals surface area (Å²) < 4.78 is 20.2. The third-order valence-electron chi connectivity index (χ3n) is 5.07. The van der Waals surface area contributed by atoms with Crippen molar-refractivity contribution in [2.24, 2.45) is 5.41 Å². The number of aromatic nitrogens is 1. The molecule has 1 aromatic carbocycles. The third-order valence-corrected chi connectivity index (χ3v) is 5.07. The Labute approximate surface area is 158 Å². The molecule has 1 aliphatic heterocycles. The zero-order valence-corrected chi connectivity index (χ0v) is 15.5. The summed E-state index contributed by atoms with van der Waals surface area (Å²) in [5.74, 6) is -0.479. The zero-order chi connectivity index (χ0) is 19.3. The van der Waals surface area contributed by atoms with Crippen LogP contribution in [0, 0.1) is 11.2 Å². The lowest BCUT2D eigenvalue weighted by Crippen LogP contribution is -2.47. The van der Waals surface area contributed by atoms with Crippen molar-refractivity contribution >= 4 is 5.91 Å². The normalized spacial score (nSPS) is 17.3. The molecule has 1 aromatic heterocycles. The number of carbonyl (C=O) groups excluding carboxylic acids is 1. The number of hydrogen-bond donors (Lipinski definition) is 2. The second-order valence-electron chi connectivity index (χ2n) is 7.18. The molecule has 2 aromatic rings. The Morgan fingerprint density at radius 1 is 1.33 bits per heavy atom. The number of nitrogens with zero attached hydrogens (tertiary/aromatic N) is 1. The molecule has 1 aliphatic rings. The molecule has 0 unspecified atom stereocenters. The van der Waals surface area contributed by atoms with E-state index in [-0.39, 0.29) is 18.3 Å². The summed E-state index contributed by atoms with van der Waals surface area (Å²) in [5.41, 5.74) is 1.39. The second-order valence-corrected chi connectivity index (χ2v) is 7.18. The van der Waals surface area contributed by atoms with E-state index in [1.807, 2.05) is 18.2 Å². The van der Waals surface area contributed by atoms with Gasteiger partial charge in [0.15, 0.2) is 0 Å². The van der Waals surface area contributed by atoms with E-state index in [0.717, 1.165) is 11.1 Å². The van der Waals surface area contributed by atoms with Gasteiger partial charge in [0.2, 0.25) is 5.91 Å². The first-order chi connectivity index (χ1) is 13.0. The number of benzene rings is 1. The second kappa shape index (κ2) is 8.59. The van der Waals surface area contributed by atoms with Gasteiger partial charge in [0.1, 0.15) is 5.82 Å². The van der Waals surface area contributed by atoms with Gasteiger partial charge in [-0.05, 0) is 49.4 Å². The number of aliphatic hydroxyl groups excluding tert-OH is 1. The molecule has 5 nitrogen and oxygen atoms in total. The molecule has 1 amide bonds. The minimum absolute atomic E-state index is 0.151. The maximum Gasteiger partial charge on any atom is 0.226 e. The molecule has 0 aliphatic carbocycles. The quantitative estimate of drug-likeness (QED) is 0.818. The number of hydrogen-bond acceptors (Lipinski definition) is 4. The molecule has 0 bridgehead atoms. The molecule has 3 rings (SSSR count). The van der Waals surface area contributed by atoms with E-state index in [1.165, 1.54) is 6.07 Å². The van der Waals surface area contributed by atoms with Gasteiger partial charge in [0.25, 0.3) is 0 Å². The Hall–Kier alpha value is -2.31. The van der Waals surface area contributed by atoms with Crippen molar-refractivity contribution in [3.8, 4) is 11.1 Å². The minimum atomic E-state index is -0.718. The van der Waals surface area contributed by atoms with Gasteiger partial charge in [0, 0.05) is 37.7 Å². The van der Waals surface area contributed by atoms with E-state index in [9.17, 15) is 14.3 Å². The van der Waals surface area contributed by atoms with Crippen molar-refractivity contribution in [3.05, 3.63) is 54.1 Å². The molecule has 0 radical (unpaired) electrons. The molecular formula is C21H25FN2O3. The predicted octanol–water partition coefficient (Wildman–Crippen LogP) is 2.72. The van der Waals surface area contributed by atoms with Crippen molar-refractivity contribution in [3.63, 3.8) is 0 Å². The summed E-state index contributed by atoms with van der Waals surface area (Å²) in [7, 11) is 0. The average molecular weight is 372 g/mol. The predicted molar refractivity (Wildman–Crippen MR) is 101 cm³/mol. The van der Waals surface area contributed by atoms with Crippen LogP contribution in [0.5, 0.6) is 0 Å². The zero-order valence-electron chi connectivity index (χ0n) is 15.5. The molecule has 1 saturated heterocycles. The Kier molecular flexibility index (Phi) is 6.19. The number of carbonyl (C=O) groups is 1. The first-order valence-corrected chi connectivity index (χ1v) is 9.23. The van der Waals surface area contributed by atoms with Gasteiger partial charge in [-0.2, -0.15) is 0 Å². The summed E-state index contributed by atoms with van der Waals surface area (Å²) in [6.07, 6.45) is 4.11. The fourth-order valence-corrected chi connectivity index (χ4v) is 3.44. The van der Waals surface area contributed by atoms with Crippen molar-refractivity contribution in [1.29, 1.82) is 0 Å². The van der Waals surface area contributed by atoms with Gasteiger partial charge < -0.3 is 15.2 Å². The maximum absolute atomic E-state index is 14.8. The van der Waals surface area contributed by atoms with Crippen LogP contribution in [0.15, 0.2) is 42.7 Å². The summed E-state index contributed by atoms with van der Waals surface area (Å²) in [5, 5.41) is 12.2. The van der Waals surface area contributed by atoms with Crippen LogP contribution in [-0.4, -0.2) is 41.9 Å². The van der Waals surface area contributed by atoms with Gasteiger partial charge in [-0.3, -0.25) is 9.78 Å². The van der Waals surface area contributed by atoms with Crippen LogP contribution in [0.25, 0.3) is 11.1 Å². The largest absolute Gasteiger partial charge is 0.392 e. The van der Waals surface area contributed by atoms with Crippen LogP contribution >= 0.6 is 0 Å². The number of ether oxygens (including phenoxy) is 1. The van der Waals surface area contributed by atoms with E-state index in [4.69, 9.17) is 4.74 Å². The van der Waals surface area contributed by atoms with E-state index >= 15 is 0 Å². The highest BCUT2D eigenvalue weighted by atomic mass is 19.1. The molecule has 144 valence electrons. The van der Waals surface area contributed by atoms with Crippen LogP contribution in [-0.2, 0) is 16.0 Å². The molecule has 0 spiro atoms. The van der Waals surface area contributed by atoms with Crippen LogP contribution < -0.4 is 5.32 Å². The molecule has 27 heavy (non-hydrogen) atoms. The monoisotopic (exact) mass is 372 g/mol. The number of amides is 1. The lowest BCUT2D eigenvalue weighted by molar-refractivity contribution is -0.137. The molecule has 2 N–H and O–H groups in total. The highest BCUT2D eigenvalue weighted by molar-refractivity contribution is 5.83. The maximum atomic E-state index is 14.8. The van der Waals surface area contributed by atoms with E-state index in [0.29, 0.717) is 38.0 Å². The Morgan fingerprint density at radius 2 is 2.11 bits per heavy atom.